The Morgan fingerprint density at radius 1 is 1.42 bits per heavy atom. The maximum atomic E-state index is 12.7. The van der Waals surface area contributed by atoms with Crippen molar-refractivity contribution in [3.05, 3.63) is 56.7 Å². The highest BCUT2D eigenvalue weighted by atomic mass is 35.5. The third kappa shape index (κ3) is 3.71. The second-order valence-electron chi connectivity index (χ2n) is 6.65. The number of hydrogen-bond acceptors (Lipinski definition) is 4. The molecule has 7 heteroatoms. The molecule has 2 aromatic rings. The van der Waals surface area contributed by atoms with Gasteiger partial charge in [-0.15, -0.1) is 0 Å². The topological polar surface area (TPSA) is 56.1 Å². The smallest absolute Gasteiger partial charge is 0.292 e. The van der Waals surface area contributed by atoms with E-state index in [1.165, 1.54) is 15.8 Å². The van der Waals surface area contributed by atoms with Gasteiger partial charge in [0.15, 0.2) is 0 Å². The summed E-state index contributed by atoms with van der Waals surface area (Å²) in [5.74, 6) is 2.64. The van der Waals surface area contributed by atoms with Crippen LogP contribution >= 0.6 is 20.2 Å². The first kappa shape index (κ1) is 17.7. The Bertz CT molecular complexity index is 891. The summed E-state index contributed by atoms with van der Waals surface area (Å²) < 4.78 is 6.86. The lowest BCUT2D eigenvalue weighted by molar-refractivity contribution is 0.0595. The lowest BCUT2D eigenvalue weighted by atomic mass is 10.0. The molecule has 1 unspecified atom stereocenters. The number of fused-ring (bicyclic) bond motifs is 1. The van der Waals surface area contributed by atoms with E-state index in [2.05, 4.69) is 22.3 Å². The van der Waals surface area contributed by atoms with Crippen LogP contribution < -0.4 is 10.9 Å². The van der Waals surface area contributed by atoms with Gasteiger partial charge in [-0.1, -0.05) is 38.1 Å². The lowest BCUT2D eigenvalue weighted by Gasteiger charge is -2.22. The zero-order chi connectivity index (χ0) is 17.9. The molecule has 0 bridgehead atoms. The highest BCUT2D eigenvalue weighted by Gasteiger charge is 2.16. The minimum atomic E-state index is -0.301. The van der Waals surface area contributed by atoms with Gasteiger partial charge in [0.2, 0.25) is 0 Å². The van der Waals surface area contributed by atoms with Crippen molar-refractivity contribution >= 4 is 31.9 Å². The number of benzene rings is 1. The van der Waals surface area contributed by atoms with E-state index in [4.69, 9.17) is 16.3 Å². The van der Waals surface area contributed by atoms with Crippen molar-refractivity contribution in [1.82, 2.24) is 9.78 Å². The quantitative estimate of drug-likeness (QED) is 0.806. The Morgan fingerprint density at radius 2 is 2.35 bits per heavy atom. The summed E-state index contributed by atoms with van der Waals surface area (Å²) in [4.78, 5) is 12.7. The molecule has 1 saturated heterocycles. The van der Waals surface area contributed by atoms with Gasteiger partial charge in [-0.25, -0.2) is 0 Å². The molecule has 26 heavy (non-hydrogen) atoms. The Kier molecular flexibility index (Phi) is 5.39. The van der Waals surface area contributed by atoms with Crippen LogP contribution in [0.1, 0.15) is 24.0 Å². The van der Waals surface area contributed by atoms with Gasteiger partial charge >= 0.3 is 0 Å². The van der Waals surface area contributed by atoms with Crippen LogP contribution in [-0.2, 0) is 10.9 Å². The standard InChI is InChI=1S/C19H21ClN3O2P/c20-18-17(21-9-13-2-1-6-25-11-13)10-22-23(19(18)24)16-4-3-14-5-7-26-12-15(14)8-16/h3-5,7-8,10,13,21,26H,1-2,6,9,11-12H2/t13-/m0/s1. The van der Waals surface area contributed by atoms with Gasteiger partial charge in [0, 0.05) is 13.2 Å². The second-order valence-corrected chi connectivity index (χ2v) is 8.12. The Labute approximate surface area is 159 Å². The zero-order valence-electron chi connectivity index (χ0n) is 14.4. The van der Waals surface area contributed by atoms with Crippen LogP contribution in [0, 0.1) is 5.92 Å². The number of nitrogens with zero attached hydrogens (tertiary/aromatic N) is 2. The molecule has 2 aliphatic heterocycles. The predicted molar refractivity (Wildman–Crippen MR) is 108 cm³/mol. The average molecular weight is 390 g/mol. The first-order chi connectivity index (χ1) is 12.7. The number of halogens is 1. The molecular weight excluding hydrogens is 369 g/mol. The van der Waals surface area contributed by atoms with Crippen molar-refractivity contribution in [2.24, 2.45) is 5.92 Å². The third-order valence-corrected chi connectivity index (χ3v) is 6.15. The molecule has 5 nitrogen and oxygen atoms in total. The number of anilines is 1. The summed E-state index contributed by atoms with van der Waals surface area (Å²) in [5.41, 5.74) is 3.49. The van der Waals surface area contributed by atoms with Crippen molar-refractivity contribution in [2.45, 2.75) is 19.0 Å². The minimum Gasteiger partial charge on any atom is -0.382 e. The minimum absolute atomic E-state index is 0.177. The summed E-state index contributed by atoms with van der Waals surface area (Å²) in [5, 5.41) is 7.77. The first-order valence-electron chi connectivity index (χ1n) is 8.85. The molecule has 1 fully saturated rings. The number of hydrogen-bond donors (Lipinski definition) is 1. The molecule has 136 valence electrons. The molecule has 0 saturated carbocycles. The first-order valence-corrected chi connectivity index (χ1v) is 10.5. The Hall–Kier alpha value is -1.68. The zero-order valence-corrected chi connectivity index (χ0v) is 16.1. The van der Waals surface area contributed by atoms with Gasteiger partial charge in [0.1, 0.15) is 5.02 Å². The maximum absolute atomic E-state index is 12.7. The SMILES string of the molecule is O=c1c(Cl)c(NC[C@@H]2CCCOC2)cnn1-c1ccc2c(c1)CPC=C2. The van der Waals surface area contributed by atoms with Crippen molar-refractivity contribution in [3.63, 3.8) is 0 Å². The maximum Gasteiger partial charge on any atom is 0.292 e. The molecule has 3 heterocycles. The largest absolute Gasteiger partial charge is 0.382 e. The molecule has 0 radical (unpaired) electrons. The molecule has 2 aliphatic rings. The highest BCUT2D eigenvalue weighted by molar-refractivity contribution is 7.41. The normalized spacial score (nSPS) is 20.1. The molecule has 1 aromatic heterocycles. The van der Waals surface area contributed by atoms with Crippen LogP contribution in [-0.4, -0.2) is 29.5 Å². The van der Waals surface area contributed by atoms with E-state index in [-0.39, 0.29) is 10.6 Å². The van der Waals surface area contributed by atoms with Crippen LogP contribution in [0.5, 0.6) is 0 Å². The number of nitrogens with one attached hydrogen (secondary N) is 1. The monoisotopic (exact) mass is 389 g/mol. The van der Waals surface area contributed by atoms with Crippen molar-refractivity contribution < 1.29 is 4.74 Å². The van der Waals surface area contributed by atoms with E-state index in [0.717, 1.165) is 53.0 Å². The van der Waals surface area contributed by atoms with E-state index >= 15 is 0 Å². The fourth-order valence-corrected chi connectivity index (χ4v) is 4.46. The molecule has 0 aliphatic carbocycles. The van der Waals surface area contributed by atoms with Gasteiger partial charge in [0.05, 0.1) is 24.2 Å². The molecule has 4 rings (SSSR count). The van der Waals surface area contributed by atoms with Crippen LogP contribution in [0.3, 0.4) is 0 Å². The molecule has 1 N–H and O–H groups in total. The van der Waals surface area contributed by atoms with Gasteiger partial charge in [-0.05, 0) is 48.2 Å². The van der Waals surface area contributed by atoms with E-state index in [1.54, 1.807) is 6.20 Å². The lowest BCUT2D eigenvalue weighted by Crippen LogP contribution is -2.27. The fourth-order valence-electron chi connectivity index (χ4n) is 3.32. The van der Waals surface area contributed by atoms with Gasteiger partial charge in [-0.2, -0.15) is 9.78 Å². The molecule has 0 spiro atoms. The van der Waals surface area contributed by atoms with Crippen LogP contribution in [0.4, 0.5) is 5.69 Å². The van der Waals surface area contributed by atoms with E-state index in [9.17, 15) is 4.79 Å². The van der Waals surface area contributed by atoms with Crippen molar-refractivity contribution in [3.8, 4) is 5.69 Å². The fraction of sp³-hybridized carbons (Fsp3) is 0.368. The Balaban J connectivity index is 1.56. The van der Waals surface area contributed by atoms with Crippen LogP contribution in [0.15, 0.2) is 35.0 Å². The van der Waals surface area contributed by atoms with Crippen molar-refractivity contribution in [2.75, 3.05) is 25.1 Å². The summed E-state index contributed by atoms with van der Waals surface area (Å²) in [6, 6.07) is 5.97. The van der Waals surface area contributed by atoms with Crippen LogP contribution in [0.25, 0.3) is 11.8 Å². The number of aromatic nitrogens is 2. The van der Waals surface area contributed by atoms with Crippen molar-refractivity contribution in [1.29, 1.82) is 0 Å². The van der Waals surface area contributed by atoms with E-state index in [1.807, 2.05) is 18.2 Å². The van der Waals surface area contributed by atoms with E-state index < -0.39 is 0 Å². The molecule has 2 atom stereocenters. The summed E-state index contributed by atoms with van der Waals surface area (Å²) >= 11 is 6.33. The Morgan fingerprint density at radius 3 is 3.19 bits per heavy atom. The third-order valence-electron chi connectivity index (χ3n) is 4.80. The van der Waals surface area contributed by atoms with E-state index in [0.29, 0.717) is 11.6 Å². The van der Waals surface area contributed by atoms with Crippen LogP contribution in [0.2, 0.25) is 5.02 Å². The van der Waals surface area contributed by atoms with Gasteiger partial charge < -0.3 is 10.1 Å². The predicted octanol–water partition coefficient (Wildman–Crippen LogP) is 3.89. The number of rotatable bonds is 4. The summed E-state index contributed by atoms with van der Waals surface area (Å²) in [6.45, 7) is 2.32. The molecule has 1 aromatic carbocycles. The number of ether oxygens (including phenoxy) is 1. The second kappa shape index (κ2) is 7.91. The van der Waals surface area contributed by atoms with Gasteiger partial charge in [-0.3, -0.25) is 4.79 Å². The highest BCUT2D eigenvalue weighted by Crippen LogP contribution is 2.31. The summed E-state index contributed by atoms with van der Waals surface area (Å²) in [7, 11) is 0.783. The average Bonchev–Trinajstić information content (AvgIpc) is 2.69. The molecule has 0 amide bonds. The molecular formula is C19H21ClN3O2P. The van der Waals surface area contributed by atoms with Gasteiger partial charge in [0.25, 0.3) is 5.56 Å². The summed E-state index contributed by atoms with van der Waals surface area (Å²) in [6.07, 6.45) is 6.97.